The molecule has 0 spiro atoms. The maximum Gasteiger partial charge on any atom is 0.126 e. The number of thiocarbonyl (C=S) groups is 1. The first-order valence-corrected chi connectivity index (χ1v) is 7.35. The van der Waals surface area contributed by atoms with E-state index in [1.165, 1.54) is 6.07 Å². The Bertz CT molecular complexity index is 631. The Morgan fingerprint density at radius 3 is 2.65 bits per heavy atom. The van der Waals surface area contributed by atoms with E-state index in [4.69, 9.17) is 18.0 Å². The largest absolute Gasteiger partial charge is 0.389 e. The molecule has 0 atom stereocenters. The van der Waals surface area contributed by atoms with Gasteiger partial charge in [0.25, 0.3) is 0 Å². The lowest BCUT2D eigenvalue weighted by atomic mass is 10.1. The zero-order valence-corrected chi connectivity index (χ0v) is 13.1. The molecule has 0 aliphatic heterocycles. The lowest BCUT2D eigenvalue weighted by molar-refractivity contribution is 0.610. The predicted octanol–water partition coefficient (Wildman–Crippen LogP) is 3.88. The van der Waals surface area contributed by atoms with Crippen molar-refractivity contribution in [3.8, 4) is 0 Å². The fourth-order valence-electron chi connectivity index (χ4n) is 1.95. The topological polar surface area (TPSA) is 38.0 Å². The number of anilines is 1. The first kappa shape index (κ1) is 14.9. The van der Waals surface area contributed by atoms with Crippen LogP contribution in [0.2, 0.25) is 0 Å². The number of hydrogen-bond donors (Lipinski definition) is 2. The molecule has 0 aromatic heterocycles. The lowest BCUT2D eigenvalue weighted by Gasteiger charge is -2.13. The summed E-state index contributed by atoms with van der Waals surface area (Å²) in [6, 6.07) is 12.5. The molecule has 5 heteroatoms. The van der Waals surface area contributed by atoms with Gasteiger partial charge in [-0.2, -0.15) is 0 Å². The van der Waals surface area contributed by atoms with Crippen LogP contribution in [0.25, 0.3) is 0 Å². The van der Waals surface area contributed by atoms with Crippen LogP contribution in [0.3, 0.4) is 0 Å². The molecule has 3 N–H and O–H groups in total. The molecular weight excluding hydrogens is 339 g/mol. The van der Waals surface area contributed by atoms with Gasteiger partial charge in [0.15, 0.2) is 0 Å². The normalized spacial score (nSPS) is 10.3. The second kappa shape index (κ2) is 6.81. The molecule has 0 aliphatic carbocycles. The van der Waals surface area contributed by atoms with Crippen LogP contribution < -0.4 is 11.1 Å². The molecule has 0 bridgehead atoms. The van der Waals surface area contributed by atoms with Crippen molar-refractivity contribution in [2.24, 2.45) is 5.73 Å². The summed E-state index contributed by atoms with van der Waals surface area (Å²) in [7, 11) is 0. The van der Waals surface area contributed by atoms with Gasteiger partial charge in [-0.15, -0.1) is 0 Å². The number of rotatable bonds is 5. The third-order valence-electron chi connectivity index (χ3n) is 2.93. The quantitative estimate of drug-likeness (QED) is 0.802. The molecule has 104 valence electrons. The Balaban J connectivity index is 2.07. The van der Waals surface area contributed by atoms with Crippen LogP contribution in [-0.2, 0) is 6.42 Å². The molecule has 0 fully saturated rings. The van der Waals surface area contributed by atoms with E-state index in [1.807, 2.05) is 24.3 Å². The van der Waals surface area contributed by atoms with Crippen LogP contribution in [0.1, 0.15) is 11.1 Å². The number of benzene rings is 2. The SMILES string of the molecule is NC(=S)c1c(Br)cccc1NCCc1ccccc1F. The fraction of sp³-hybridized carbons (Fsp3) is 0.133. The van der Waals surface area contributed by atoms with Gasteiger partial charge in [-0.3, -0.25) is 0 Å². The van der Waals surface area contributed by atoms with E-state index in [0.29, 0.717) is 23.5 Å². The van der Waals surface area contributed by atoms with Crippen LogP contribution in [0.15, 0.2) is 46.9 Å². The van der Waals surface area contributed by atoms with Crippen LogP contribution in [-0.4, -0.2) is 11.5 Å². The monoisotopic (exact) mass is 352 g/mol. The Morgan fingerprint density at radius 2 is 1.95 bits per heavy atom. The van der Waals surface area contributed by atoms with Gasteiger partial charge in [-0.05, 0) is 46.1 Å². The Kier molecular flexibility index (Phi) is 5.09. The maximum absolute atomic E-state index is 13.5. The third kappa shape index (κ3) is 3.55. The van der Waals surface area contributed by atoms with E-state index >= 15 is 0 Å². The van der Waals surface area contributed by atoms with Crippen molar-refractivity contribution in [1.29, 1.82) is 0 Å². The zero-order valence-electron chi connectivity index (χ0n) is 10.7. The van der Waals surface area contributed by atoms with E-state index in [2.05, 4.69) is 21.2 Å². The first-order valence-electron chi connectivity index (χ1n) is 6.15. The Morgan fingerprint density at radius 1 is 1.20 bits per heavy atom. The molecule has 0 unspecified atom stereocenters. The van der Waals surface area contributed by atoms with E-state index in [0.717, 1.165) is 15.7 Å². The van der Waals surface area contributed by atoms with Crippen molar-refractivity contribution in [3.05, 3.63) is 63.9 Å². The minimum Gasteiger partial charge on any atom is -0.389 e. The number of nitrogens with one attached hydrogen (secondary N) is 1. The Hall–Kier alpha value is -1.46. The van der Waals surface area contributed by atoms with Crippen molar-refractivity contribution < 1.29 is 4.39 Å². The summed E-state index contributed by atoms with van der Waals surface area (Å²) in [4.78, 5) is 0.325. The number of hydrogen-bond acceptors (Lipinski definition) is 2. The highest BCUT2D eigenvalue weighted by Gasteiger charge is 2.09. The van der Waals surface area contributed by atoms with Crippen molar-refractivity contribution in [3.63, 3.8) is 0 Å². The second-order valence-electron chi connectivity index (χ2n) is 4.29. The summed E-state index contributed by atoms with van der Waals surface area (Å²) in [5.74, 6) is -0.182. The molecule has 0 aliphatic rings. The van der Waals surface area contributed by atoms with Gasteiger partial charge in [0.1, 0.15) is 10.8 Å². The highest BCUT2D eigenvalue weighted by atomic mass is 79.9. The standard InChI is InChI=1S/C15H14BrFN2S/c16-11-5-3-7-13(14(11)15(18)20)19-9-8-10-4-1-2-6-12(10)17/h1-7,19H,8-9H2,(H2,18,20). The van der Waals surface area contributed by atoms with E-state index in [9.17, 15) is 4.39 Å². The number of nitrogens with two attached hydrogens (primary N) is 1. The van der Waals surface area contributed by atoms with Crippen LogP contribution in [0, 0.1) is 5.82 Å². The molecule has 0 amide bonds. The van der Waals surface area contributed by atoms with Gasteiger partial charge in [0.2, 0.25) is 0 Å². The zero-order chi connectivity index (χ0) is 14.5. The van der Waals surface area contributed by atoms with Gasteiger partial charge in [-0.25, -0.2) is 4.39 Å². The third-order valence-corrected chi connectivity index (χ3v) is 3.79. The van der Waals surface area contributed by atoms with E-state index in [1.54, 1.807) is 12.1 Å². The summed E-state index contributed by atoms with van der Waals surface area (Å²) in [5, 5.41) is 3.25. The molecule has 0 saturated carbocycles. The molecule has 2 aromatic carbocycles. The molecule has 2 rings (SSSR count). The van der Waals surface area contributed by atoms with Crippen molar-refractivity contribution in [1.82, 2.24) is 0 Å². The molecule has 0 radical (unpaired) electrons. The molecule has 0 saturated heterocycles. The minimum absolute atomic E-state index is 0.182. The van der Waals surface area contributed by atoms with Crippen LogP contribution in [0.4, 0.5) is 10.1 Å². The van der Waals surface area contributed by atoms with Crippen LogP contribution >= 0.6 is 28.1 Å². The summed E-state index contributed by atoms with van der Waals surface area (Å²) < 4.78 is 14.4. The minimum atomic E-state index is -0.182. The first-order chi connectivity index (χ1) is 9.59. The van der Waals surface area contributed by atoms with Crippen molar-refractivity contribution in [2.75, 3.05) is 11.9 Å². The van der Waals surface area contributed by atoms with E-state index in [-0.39, 0.29) is 5.82 Å². The summed E-state index contributed by atoms with van der Waals surface area (Å²) in [6.07, 6.45) is 0.593. The van der Waals surface area contributed by atoms with Gasteiger partial charge in [0, 0.05) is 22.3 Å². The molecular formula is C15H14BrFN2S. The van der Waals surface area contributed by atoms with Crippen molar-refractivity contribution in [2.45, 2.75) is 6.42 Å². The Labute approximate surface area is 131 Å². The van der Waals surface area contributed by atoms with E-state index < -0.39 is 0 Å². The highest BCUT2D eigenvalue weighted by Crippen LogP contribution is 2.24. The molecule has 2 nitrogen and oxygen atoms in total. The molecule has 2 aromatic rings. The summed E-state index contributed by atoms with van der Waals surface area (Å²) >= 11 is 8.48. The van der Waals surface area contributed by atoms with Gasteiger partial charge in [0.05, 0.1) is 0 Å². The molecule has 0 heterocycles. The van der Waals surface area contributed by atoms with Gasteiger partial charge in [-0.1, -0.05) is 36.5 Å². The summed E-state index contributed by atoms with van der Waals surface area (Å²) in [6.45, 7) is 0.604. The predicted molar refractivity (Wildman–Crippen MR) is 88.6 cm³/mol. The highest BCUT2D eigenvalue weighted by molar-refractivity contribution is 9.10. The average Bonchev–Trinajstić information content (AvgIpc) is 2.40. The number of halogens is 2. The van der Waals surface area contributed by atoms with Crippen LogP contribution in [0.5, 0.6) is 0 Å². The van der Waals surface area contributed by atoms with Crippen molar-refractivity contribution >= 4 is 38.8 Å². The maximum atomic E-state index is 13.5. The smallest absolute Gasteiger partial charge is 0.126 e. The van der Waals surface area contributed by atoms with Gasteiger partial charge >= 0.3 is 0 Å². The lowest BCUT2D eigenvalue weighted by Crippen LogP contribution is -2.15. The molecule has 20 heavy (non-hydrogen) atoms. The van der Waals surface area contributed by atoms with Gasteiger partial charge < -0.3 is 11.1 Å². The fourth-order valence-corrected chi connectivity index (χ4v) is 2.89. The summed E-state index contributed by atoms with van der Waals surface area (Å²) in [5.41, 5.74) is 8.04. The second-order valence-corrected chi connectivity index (χ2v) is 5.59. The average molecular weight is 353 g/mol.